The summed E-state index contributed by atoms with van der Waals surface area (Å²) in [6.45, 7) is 1.25. The number of carbonyl (C=O) groups excluding carboxylic acids is 1. The largest absolute Gasteiger partial charge is 0.486 e. The van der Waals surface area contributed by atoms with Crippen LogP contribution in [-0.4, -0.2) is 46.8 Å². The number of nitrogens with one attached hydrogen (secondary N) is 1. The van der Waals surface area contributed by atoms with E-state index in [1.54, 1.807) is 12.1 Å². The van der Waals surface area contributed by atoms with Crippen molar-refractivity contribution in [3.8, 4) is 45.7 Å². The van der Waals surface area contributed by atoms with E-state index in [1.807, 2.05) is 29.6 Å². The van der Waals surface area contributed by atoms with Gasteiger partial charge in [0.15, 0.2) is 28.1 Å². The number of hydrogen-bond acceptors (Lipinski definition) is 11. The molecule has 2 aromatic carbocycles. The molecule has 10 nitrogen and oxygen atoms in total. The standard InChI is InChI=1S/C22H16N4O6S2/c27-19(10-34-22-26-25-20(32-22)13-2-4-16-18(8-13)31-11-30-16)24-21-23-14(9-33-21)12-1-3-15-17(7-12)29-6-5-28-15/h1-4,7-9H,5-6,10-11H2,(H,23,24,27). The van der Waals surface area contributed by atoms with Gasteiger partial charge in [0.2, 0.25) is 18.6 Å². The Morgan fingerprint density at radius 1 is 0.941 bits per heavy atom. The summed E-state index contributed by atoms with van der Waals surface area (Å²) in [5, 5.41) is 13.5. The monoisotopic (exact) mass is 496 g/mol. The van der Waals surface area contributed by atoms with Crippen LogP contribution >= 0.6 is 23.1 Å². The third-order valence-corrected chi connectivity index (χ3v) is 6.52. The molecule has 0 bridgehead atoms. The minimum atomic E-state index is -0.226. The minimum absolute atomic E-state index is 0.0989. The van der Waals surface area contributed by atoms with Crippen LogP contribution in [0.5, 0.6) is 23.0 Å². The maximum Gasteiger partial charge on any atom is 0.277 e. The molecule has 0 saturated heterocycles. The predicted molar refractivity (Wildman–Crippen MR) is 124 cm³/mol. The SMILES string of the molecule is O=C(CSc1nnc(-c2ccc3c(c2)OCO3)o1)Nc1nc(-c2ccc3c(c2)OCCO3)cs1. The maximum atomic E-state index is 12.4. The van der Waals surface area contributed by atoms with Crippen molar-refractivity contribution in [2.24, 2.45) is 0 Å². The van der Waals surface area contributed by atoms with Crippen LogP contribution in [0.2, 0.25) is 0 Å². The average Bonchev–Trinajstić information content (AvgIpc) is 3.63. The van der Waals surface area contributed by atoms with E-state index in [2.05, 4.69) is 20.5 Å². The summed E-state index contributed by atoms with van der Waals surface area (Å²) in [5.74, 6) is 2.93. The second kappa shape index (κ2) is 8.88. The van der Waals surface area contributed by atoms with Gasteiger partial charge in [0.05, 0.1) is 11.4 Å². The number of aromatic nitrogens is 3. The normalized spacial score (nSPS) is 13.6. The number of rotatable bonds is 6. The molecular formula is C22H16N4O6S2. The summed E-state index contributed by atoms with van der Waals surface area (Å²) in [4.78, 5) is 16.9. The highest BCUT2D eigenvalue weighted by molar-refractivity contribution is 7.99. The molecule has 4 aromatic rings. The summed E-state index contributed by atoms with van der Waals surface area (Å²) in [7, 11) is 0. The Hall–Kier alpha value is -3.77. The molecule has 1 N–H and O–H groups in total. The number of thioether (sulfide) groups is 1. The van der Waals surface area contributed by atoms with Crippen molar-refractivity contribution < 1.29 is 28.2 Å². The molecule has 4 heterocycles. The average molecular weight is 497 g/mol. The van der Waals surface area contributed by atoms with Gasteiger partial charge >= 0.3 is 0 Å². The van der Waals surface area contributed by atoms with Crippen molar-refractivity contribution in [1.29, 1.82) is 0 Å². The highest BCUT2D eigenvalue weighted by atomic mass is 32.2. The van der Waals surface area contributed by atoms with E-state index in [-0.39, 0.29) is 18.5 Å². The number of fused-ring (bicyclic) bond motifs is 2. The third-order valence-electron chi connectivity index (χ3n) is 4.94. The second-order valence-corrected chi connectivity index (χ2v) is 8.96. The molecule has 0 spiro atoms. The van der Waals surface area contributed by atoms with Crippen molar-refractivity contribution in [2.45, 2.75) is 5.22 Å². The minimum Gasteiger partial charge on any atom is -0.486 e. The quantitative estimate of drug-likeness (QED) is 0.391. The van der Waals surface area contributed by atoms with E-state index < -0.39 is 0 Å². The Balaban J connectivity index is 1.06. The first kappa shape index (κ1) is 20.8. The van der Waals surface area contributed by atoms with Crippen LogP contribution < -0.4 is 24.3 Å². The lowest BCUT2D eigenvalue weighted by molar-refractivity contribution is -0.113. The van der Waals surface area contributed by atoms with Crippen molar-refractivity contribution >= 4 is 34.1 Å². The molecule has 6 rings (SSSR count). The Bertz CT molecular complexity index is 1370. The van der Waals surface area contributed by atoms with Gasteiger partial charge in [0.1, 0.15) is 13.2 Å². The van der Waals surface area contributed by atoms with E-state index in [0.717, 1.165) is 28.8 Å². The van der Waals surface area contributed by atoms with Gasteiger partial charge in [-0.1, -0.05) is 11.8 Å². The number of anilines is 1. The smallest absolute Gasteiger partial charge is 0.277 e. The molecule has 0 fully saturated rings. The summed E-state index contributed by atoms with van der Waals surface area (Å²) >= 11 is 2.49. The van der Waals surface area contributed by atoms with Crippen molar-refractivity contribution in [2.75, 3.05) is 31.1 Å². The Labute approximate surface area is 201 Å². The van der Waals surface area contributed by atoms with Crippen molar-refractivity contribution in [1.82, 2.24) is 15.2 Å². The first-order chi connectivity index (χ1) is 16.7. The van der Waals surface area contributed by atoms with E-state index in [0.29, 0.717) is 52.3 Å². The van der Waals surface area contributed by atoms with Gasteiger partial charge in [-0.25, -0.2) is 4.98 Å². The van der Waals surface area contributed by atoms with Gasteiger partial charge in [0.25, 0.3) is 5.22 Å². The molecular weight excluding hydrogens is 480 g/mol. The van der Waals surface area contributed by atoms with Gasteiger partial charge in [0, 0.05) is 16.5 Å². The predicted octanol–water partition coefficient (Wildman–Crippen LogP) is 4.09. The number of benzene rings is 2. The molecule has 172 valence electrons. The van der Waals surface area contributed by atoms with Gasteiger partial charge in [-0.3, -0.25) is 4.79 Å². The zero-order chi connectivity index (χ0) is 22.9. The van der Waals surface area contributed by atoms with Gasteiger partial charge in [-0.05, 0) is 36.4 Å². The number of hydrogen-bond donors (Lipinski definition) is 1. The van der Waals surface area contributed by atoms with Crippen molar-refractivity contribution in [3.63, 3.8) is 0 Å². The van der Waals surface area contributed by atoms with E-state index in [4.69, 9.17) is 23.4 Å². The number of carbonyl (C=O) groups is 1. The first-order valence-corrected chi connectivity index (χ1v) is 12.1. The van der Waals surface area contributed by atoms with Crippen LogP contribution in [0, 0.1) is 0 Å². The second-order valence-electron chi connectivity index (χ2n) is 7.17. The zero-order valence-electron chi connectivity index (χ0n) is 17.5. The fraction of sp³-hybridized carbons (Fsp3) is 0.182. The Morgan fingerprint density at radius 2 is 1.68 bits per heavy atom. The number of nitrogens with zero attached hydrogens (tertiary/aromatic N) is 3. The summed E-state index contributed by atoms with van der Waals surface area (Å²) in [5.41, 5.74) is 2.34. The van der Waals surface area contributed by atoms with E-state index in [1.165, 1.54) is 11.3 Å². The molecule has 1 amide bonds. The number of thiazole rings is 1. The lowest BCUT2D eigenvalue weighted by Gasteiger charge is -2.18. The lowest BCUT2D eigenvalue weighted by Crippen LogP contribution is -2.15. The van der Waals surface area contributed by atoms with Crippen LogP contribution in [0.3, 0.4) is 0 Å². The zero-order valence-corrected chi connectivity index (χ0v) is 19.1. The molecule has 0 saturated carbocycles. The maximum absolute atomic E-state index is 12.4. The van der Waals surface area contributed by atoms with Crippen LogP contribution in [-0.2, 0) is 4.79 Å². The highest BCUT2D eigenvalue weighted by Gasteiger charge is 2.18. The van der Waals surface area contributed by atoms with Crippen LogP contribution in [0.1, 0.15) is 0 Å². The van der Waals surface area contributed by atoms with Crippen molar-refractivity contribution in [3.05, 3.63) is 41.8 Å². The molecule has 34 heavy (non-hydrogen) atoms. The fourth-order valence-corrected chi connectivity index (χ4v) is 4.66. The summed E-state index contributed by atoms with van der Waals surface area (Å²) in [6.07, 6.45) is 0. The number of amides is 1. The summed E-state index contributed by atoms with van der Waals surface area (Å²) in [6, 6.07) is 11.0. The number of ether oxygens (including phenoxy) is 4. The van der Waals surface area contributed by atoms with Crippen LogP contribution in [0.4, 0.5) is 5.13 Å². The van der Waals surface area contributed by atoms with Crippen LogP contribution in [0.15, 0.2) is 51.4 Å². The molecule has 2 aromatic heterocycles. The molecule has 2 aliphatic rings. The topological polar surface area (TPSA) is 118 Å². The van der Waals surface area contributed by atoms with E-state index >= 15 is 0 Å². The summed E-state index contributed by atoms with van der Waals surface area (Å²) < 4.78 is 27.5. The molecule has 2 aliphatic heterocycles. The molecule has 12 heteroatoms. The van der Waals surface area contributed by atoms with Gasteiger partial charge in [-0.2, -0.15) is 0 Å². The highest BCUT2D eigenvalue weighted by Crippen LogP contribution is 2.37. The van der Waals surface area contributed by atoms with Gasteiger partial charge in [-0.15, -0.1) is 21.5 Å². The third kappa shape index (κ3) is 4.24. The molecule has 0 atom stereocenters. The van der Waals surface area contributed by atoms with Gasteiger partial charge < -0.3 is 28.7 Å². The molecule has 0 radical (unpaired) electrons. The Kier molecular flexibility index (Phi) is 5.43. The molecule has 0 aliphatic carbocycles. The first-order valence-electron chi connectivity index (χ1n) is 10.2. The van der Waals surface area contributed by atoms with E-state index in [9.17, 15) is 4.79 Å². The van der Waals surface area contributed by atoms with Crippen LogP contribution in [0.25, 0.3) is 22.7 Å². The Morgan fingerprint density at radius 3 is 2.59 bits per heavy atom. The lowest BCUT2D eigenvalue weighted by atomic mass is 10.1. The fourth-order valence-electron chi connectivity index (χ4n) is 3.36. The molecule has 0 unspecified atom stereocenters.